The van der Waals surface area contributed by atoms with E-state index in [1.165, 1.54) is 28.8 Å². The summed E-state index contributed by atoms with van der Waals surface area (Å²) >= 11 is 1.40. The Kier molecular flexibility index (Phi) is 6.69. The maximum absolute atomic E-state index is 12.8. The van der Waals surface area contributed by atoms with Gasteiger partial charge in [0.15, 0.2) is 0 Å². The average Bonchev–Trinajstić information content (AvgIpc) is 3.38. The maximum atomic E-state index is 12.8. The van der Waals surface area contributed by atoms with Crippen LogP contribution >= 0.6 is 11.8 Å². The van der Waals surface area contributed by atoms with Crippen LogP contribution in [0.2, 0.25) is 0 Å². The third-order valence-electron chi connectivity index (χ3n) is 7.39. The normalized spacial score (nSPS) is 30.6. The minimum atomic E-state index is -1.16. The average molecular weight is 504 g/mol. The second-order valence-electron chi connectivity index (χ2n) is 9.63. The van der Waals surface area contributed by atoms with Gasteiger partial charge in [0.2, 0.25) is 11.8 Å². The number of rotatable bonds is 8. The van der Waals surface area contributed by atoms with Gasteiger partial charge in [-0.25, -0.2) is 9.59 Å². The number of carbonyl (C=O) groups is 4. The summed E-state index contributed by atoms with van der Waals surface area (Å²) in [5.74, 6) is -2.42. The number of carboxylic acid groups (broad SMARTS) is 2. The van der Waals surface area contributed by atoms with Crippen molar-refractivity contribution in [1.29, 1.82) is 0 Å². The molecule has 0 saturated carbocycles. The molecule has 10 nitrogen and oxygen atoms in total. The molecule has 1 aromatic rings. The van der Waals surface area contributed by atoms with Gasteiger partial charge < -0.3 is 26.0 Å². The molecule has 5 N–H and O–H groups in total. The second kappa shape index (κ2) is 9.29. The van der Waals surface area contributed by atoms with Gasteiger partial charge in [-0.2, -0.15) is 0 Å². The zero-order valence-electron chi connectivity index (χ0n) is 19.6. The predicted molar refractivity (Wildman–Crippen MR) is 129 cm³/mol. The summed E-state index contributed by atoms with van der Waals surface area (Å²) in [7, 11) is 0. The topological polar surface area (TPSA) is 156 Å². The zero-order valence-corrected chi connectivity index (χ0v) is 20.5. The lowest BCUT2D eigenvalue weighted by Crippen LogP contribution is -2.70. The van der Waals surface area contributed by atoms with Crippen LogP contribution in [0.25, 0.3) is 0 Å². The molecule has 35 heavy (non-hydrogen) atoms. The molecule has 1 aromatic carbocycles. The van der Waals surface area contributed by atoms with Crippen molar-refractivity contribution in [3.05, 3.63) is 40.4 Å². The standard InChI is InChI=1S/C24H29N3O7S/c1-11-18(17(22(32)33)27-19(11)24(3,12(2)28)23(27)34)35-10-13-7-16(25-9-13)20(29)26-15-6-4-5-14(8-15)21(30)31/h4-6,8,11-13,16,19,25,28H,7,9-10H2,1-3H3,(H,26,29)(H,30,31)(H,32,33)/t11-,12+,13-,16-,19?,24+/m0/s1. The molecule has 4 rings (SSSR count). The first kappa shape index (κ1) is 25.2. The van der Waals surface area contributed by atoms with Crippen LogP contribution in [0.15, 0.2) is 34.9 Å². The summed E-state index contributed by atoms with van der Waals surface area (Å²) in [5.41, 5.74) is -0.534. The monoisotopic (exact) mass is 503 g/mol. The van der Waals surface area contributed by atoms with Crippen LogP contribution in [-0.4, -0.2) is 74.5 Å². The highest BCUT2D eigenvalue weighted by molar-refractivity contribution is 8.03. The van der Waals surface area contributed by atoms with Crippen LogP contribution in [0.3, 0.4) is 0 Å². The third-order valence-corrected chi connectivity index (χ3v) is 8.91. The maximum Gasteiger partial charge on any atom is 0.353 e. The van der Waals surface area contributed by atoms with Gasteiger partial charge in [0.1, 0.15) is 5.70 Å². The van der Waals surface area contributed by atoms with E-state index >= 15 is 0 Å². The first-order chi connectivity index (χ1) is 16.5. The van der Waals surface area contributed by atoms with E-state index in [9.17, 15) is 29.4 Å². The Morgan fingerprint density at radius 1 is 1.29 bits per heavy atom. The van der Waals surface area contributed by atoms with Crippen molar-refractivity contribution in [3.63, 3.8) is 0 Å². The molecular weight excluding hydrogens is 474 g/mol. The molecule has 0 bridgehead atoms. The van der Waals surface area contributed by atoms with E-state index < -0.39 is 35.5 Å². The van der Waals surface area contributed by atoms with Crippen LogP contribution < -0.4 is 10.6 Å². The van der Waals surface area contributed by atoms with Gasteiger partial charge in [-0.05, 0) is 50.9 Å². The van der Waals surface area contributed by atoms with Crippen molar-refractivity contribution in [2.24, 2.45) is 17.3 Å². The fourth-order valence-corrected chi connectivity index (χ4v) is 6.70. The largest absolute Gasteiger partial charge is 0.478 e. The smallest absolute Gasteiger partial charge is 0.353 e. The first-order valence-electron chi connectivity index (χ1n) is 11.5. The van der Waals surface area contributed by atoms with Gasteiger partial charge in [-0.15, -0.1) is 11.8 Å². The molecule has 188 valence electrons. The molecule has 0 radical (unpaired) electrons. The highest BCUT2D eigenvalue weighted by atomic mass is 32.2. The Bertz CT molecular complexity index is 1120. The van der Waals surface area contributed by atoms with Crippen molar-refractivity contribution in [2.45, 2.75) is 45.4 Å². The van der Waals surface area contributed by atoms with Crippen LogP contribution in [0.5, 0.6) is 0 Å². The van der Waals surface area contributed by atoms with Gasteiger partial charge in [0.25, 0.3) is 0 Å². The van der Waals surface area contributed by atoms with E-state index in [-0.39, 0.29) is 34.9 Å². The van der Waals surface area contributed by atoms with E-state index in [1.807, 2.05) is 6.92 Å². The molecule has 0 spiro atoms. The number of carbonyl (C=O) groups excluding carboxylic acids is 2. The lowest BCUT2D eigenvalue weighted by molar-refractivity contribution is -0.181. The molecule has 6 atom stereocenters. The number of anilines is 1. The van der Waals surface area contributed by atoms with E-state index in [4.69, 9.17) is 5.11 Å². The quantitative estimate of drug-likeness (QED) is 0.332. The number of aliphatic carboxylic acids is 1. The van der Waals surface area contributed by atoms with E-state index in [0.29, 0.717) is 29.3 Å². The molecule has 3 aliphatic rings. The fraction of sp³-hybridized carbons (Fsp3) is 0.500. The molecule has 1 unspecified atom stereocenters. The number of fused-ring (bicyclic) bond motifs is 1. The second-order valence-corrected chi connectivity index (χ2v) is 10.7. The first-order valence-corrected chi connectivity index (χ1v) is 12.4. The lowest BCUT2D eigenvalue weighted by Gasteiger charge is -2.54. The molecule has 3 aliphatic heterocycles. The van der Waals surface area contributed by atoms with Gasteiger partial charge >= 0.3 is 11.9 Å². The number of β-lactam (4-membered cyclic amide) rings is 1. The van der Waals surface area contributed by atoms with Crippen molar-refractivity contribution in [3.8, 4) is 0 Å². The minimum Gasteiger partial charge on any atom is -0.478 e. The Balaban J connectivity index is 1.39. The van der Waals surface area contributed by atoms with Gasteiger partial charge in [0, 0.05) is 22.3 Å². The number of hydrogen-bond donors (Lipinski definition) is 5. The Hall–Kier alpha value is -2.89. The summed E-state index contributed by atoms with van der Waals surface area (Å²) in [6.07, 6.45) is -0.355. The minimum absolute atomic E-state index is 0.00538. The molecular formula is C24H29N3O7S. The highest BCUT2D eigenvalue weighted by Gasteiger charge is 2.67. The molecule has 11 heteroatoms. The van der Waals surface area contributed by atoms with Gasteiger partial charge in [0.05, 0.1) is 29.2 Å². The van der Waals surface area contributed by atoms with Crippen LogP contribution in [0, 0.1) is 17.3 Å². The third kappa shape index (κ3) is 4.21. The van der Waals surface area contributed by atoms with E-state index in [2.05, 4.69) is 10.6 Å². The number of thioether (sulfide) groups is 1. The molecule has 0 aromatic heterocycles. The number of carboxylic acids is 2. The number of aromatic carboxylic acids is 1. The van der Waals surface area contributed by atoms with Crippen LogP contribution in [0.1, 0.15) is 37.6 Å². The highest BCUT2D eigenvalue weighted by Crippen LogP contribution is 2.56. The summed E-state index contributed by atoms with van der Waals surface area (Å²) in [6, 6.07) is 5.18. The predicted octanol–water partition coefficient (Wildman–Crippen LogP) is 1.58. The van der Waals surface area contributed by atoms with Gasteiger partial charge in [-0.1, -0.05) is 13.0 Å². The van der Waals surface area contributed by atoms with Crippen molar-refractivity contribution in [2.75, 3.05) is 17.6 Å². The Morgan fingerprint density at radius 3 is 2.63 bits per heavy atom. The van der Waals surface area contributed by atoms with E-state index in [1.54, 1.807) is 26.0 Å². The zero-order chi connectivity index (χ0) is 25.7. The summed E-state index contributed by atoms with van der Waals surface area (Å²) < 4.78 is 0. The summed E-state index contributed by atoms with van der Waals surface area (Å²) in [6.45, 7) is 5.70. The van der Waals surface area contributed by atoms with Crippen LogP contribution in [-0.2, 0) is 14.4 Å². The van der Waals surface area contributed by atoms with Crippen molar-refractivity contribution in [1.82, 2.24) is 10.2 Å². The lowest BCUT2D eigenvalue weighted by atomic mass is 9.66. The molecule has 2 saturated heterocycles. The molecule has 0 aliphatic carbocycles. The van der Waals surface area contributed by atoms with Crippen molar-refractivity contribution >= 4 is 41.2 Å². The van der Waals surface area contributed by atoms with Crippen molar-refractivity contribution < 1.29 is 34.5 Å². The number of amides is 2. The Labute approximate surface area is 206 Å². The number of aliphatic hydroxyl groups is 1. The number of hydrogen-bond acceptors (Lipinski definition) is 7. The summed E-state index contributed by atoms with van der Waals surface area (Å²) in [4.78, 5) is 50.5. The molecule has 3 heterocycles. The number of nitrogens with zero attached hydrogens (tertiary/aromatic N) is 1. The van der Waals surface area contributed by atoms with E-state index in [0.717, 1.165) is 0 Å². The van der Waals surface area contributed by atoms with Gasteiger partial charge in [-0.3, -0.25) is 14.5 Å². The number of aliphatic hydroxyl groups excluding tert-OH is 1. The summed E-state index contributed by atoms with van der Waals surface area (Å²) in [5, 5.41) is 35.1. The van der Waals surface area contributed by atoms with Crippen LogP contribution in [0.4, 0.5) is 5.69 Å². The fourth-order valence-electron chi connectivity index (χ4n) is 5.31. The number of benzene rings is 1. The Morgan fingerprint density at radius 2 is 2.00 bits per heavy atom. The SMILES string of the molecule is C[C@H]1C(SC[C@@H]2CN[C@H](C(=O)Nc3cccc(C(=O)O)c3)C2)=C(C(=O)O)N2C(=O)[C@](C)([C@@H](C)O)C12. The molecule has 2 amide bonds. The molecule has 2 fully saturated rings. The number of nitrogens with one attached hydrogen (secondary N) is 2.